The van der Waals surface area contributed by atoms with Crippen molar-refractivity contribution >= 4 is 17.3 Å². The number of nitrogen functional groups attached to an aromatic ring is 1. The van der Waals surface area contributed by atoms with Crippen molar-refractivity contribution in [1.82, 2.24) is 20.1 Å². The fourth-order valence-electron chi connectivity index (χ4n) is 4.18. The lowest BCUT2D eigenvalue weighted by molar-refractivity contribution is 0.464. The van der Waals surface area contributed by atoms with E-state index in [1.54, 1.807) is 24.3 Å². The fraction of sp³-hybridized carbons (Fsp3) is 0.333. The van der Waals surface area contributed by atoms with Gasteiger partial charge in [-0.05, 0) is 63.7 Å². The molecule has 0 saturated carbocycles. The topological polar surface area (TPSA) is 118 Å². The van der Waals surface area contributed by atoms with Crippen LogP contribution >= 0.6 is 0 Å². The highest BCUT2D eigenvalue weighted by Gasteiger charge is 2.24. The zero-order valence-corrected chi connectivity index (χ0v) is 20.8. The minimum atomic E-state index is 0.148. The molecule has 0 spiro atoms. The van der Waals surface area contributed by atoms with E-state index in [9.17, 15) is 10.4 Å². The van der Waals surface area contributed by atoms with Crippen LogP contribution in [0.25, 0.3) is 11.3 Å². The molecular formula is C27H30N8O. The summed E-state index contributed by atoms with van der Waals surface area (Å²) >= 11 is 0. The van der Waals surface area contributed by atoms with Crippen LogP contribution in [0.1, 0.15) is 24.6 Å². The van der Waals surface area contributed by atoms with E-state index < -0.39 is 0 Å². The molecule has 1 aliphatic heterocycles. The molecule has 3 heterocycles. The average Bonchev–Trinajstić information content (AvgIpc) is 3.06. The fourth-order valence-corrected chi connectivity index (χ4v) is 4.18. The summed E-state index contributed by atoms with van der Waals surface area (Å²) < 4.78 is 0. The molecule has 1 aromatic carbocycles. The Morgan fingerprint density at radius 3 is 2.69 bits per heavy atom. The number of phenols is 1. The molecule has 1 fully saturated rings. The standard InChI is InChI=1S/C27H30N8O/c1-19-12-14-34(24-17-23(31-32-27(24)29)21-7-4-5-9-25(21)36)15-16-35(19)26-11-10-20(18-28)22(30-26)8-6-13-33(2)3/h4-5,7,9-11,17,19,36H,12-16H2,1-3H3,(H2,29,32)/t19-/m0/s1. The Bertz CT molecular complexity index is 1340. The average molecular weight is 483 g/mol. The zero-order valence-electron chi connectivity index (χ0n) is 20.8. The normalized spacial score (nSPS) is 15.7. The van der Waals surface area contributed by atoms with Crippen molar-refractivity contribution in [3.63, 3.8) is 0 Å². The van der Waals surface area contributed by atoms with Crippen molar-refractivity contribution in [3.05, 3.63) is 53.7 Å². The quantitative estimate of drug-likeness (QED) is 0.541. The maximum absolute atomic E-state index is 10.3. The summed E-state index contributed by atoms with van der Waals surface area (Å²) in [6.45, 7) is 4.94. The van der Waals surface area contributed by atoms with Crippen LogP contribution < -0.4 is 15.5 Å². The number of phenolic OH excluding ortho intramolecular Hbond substituents is 1. The summed E-state index contributed by atoms with van der Waals surface area (Å²) in [4.78, 5) is 11.2. The van der Waals surface area contributed by atoms with Gasteiger partial charge in [0.1, 0.15) is 23.3 Å². The van der Waals surface area contributed by atoms with Crippen LogP contribution in [0.5, 0.6) is 5.75 Å². The number of aromatic hydroxyl groups is 1. The van der Waals surface area contributed by atoms with Crippen LogP contribution in [0.2, 0.25) is 0 Å². The first-order chi connectivity index (χ1) is 17.4. The summed E-state index contributed by atoms with van der Waals surface area (Å²) in [6, 6.07) is 15.0. The summed E-state index contributed by atoms with van der Waals surface area (Å²) in [7, 11) is 3.90. The predicted molar refractivity (Wildman–Crippen MR) is 142 cm³/mol. The van der Waals surface area contributed by atoms with Crippen molar-refractivity contribution in [2.75, 3.05) is 55.8 Å². The van der Waals surface area contributed by atoms with Gasteiger partial charge in [-0.15, -0.1) is 10.2 Å². The molecule has 1 atom stereocenters. The Morgan fingerprint density at radius 1 is 1.14 bits per heavy atom. The van der Waals surface area contributed by atoms with Crippen molar-refractivity contribution < 1.29 is 5.11 Å². The number of hydrogen-bond donors (Lipinski definition) is 2. The van der Waals surface area contributed by atoms with Crippen LogP contribution in [0.15, 0.2) is 42.5 Å². The van der Waals surface area contributed by atoms with Crippen molar-refractivity contribution in [2.45, 2.75) is 19.4 Å². The number of nitriles is 1. The first-order valence-corrected chi connectivity index (χ1v) is 11.8. The number of anilines is 3. The number of nitrogens with zero attached hydrogens (tertiary/aromatic N) is 7. The van der Waals surface area contributed by atoms with Gasteiger partial charge < -0.3 is 20.6 Å². The third-order valence-corrected chi connectivity index (χ3v) is 6.18. The molecule has 4 rings (SSSR count). The van der Waals surface area contributed by atoms with E-state index in [2.05, 4.69) is 44.8 Å². The number of aromatic nitrogens is 3. The molecule has 0 unspecified atom stereocenters. The third-order valence-electron chi connectivity index (χ3n) is 6.18. The monoisotopic (exact) mass is 482 g/mol. The van der Waals surface area contributed by atoms with Crippen molar-refractivity contribution in [1.29, 1.82) is 5.26 Å². The van der Waals surface area contributed by atoms with Gasteiger partial charge in [0.25, 0.3) is 0 Å². The molecule has 1 saturated heterocycles. The van der Waals surface area contributed by atoms with Gasteiger partial charge in [-0.25, -0.2) is 4.98 Å². The first kappa shape index (κ1) is 24.8. The van der Waals surface area contributed by atoms with Gasteiger partial charge in [0.05, 0.1) is 23.5 Å². The van der Waals surface area contributed by atoms with Gasteiger partial charge in [0, 0.05) is 31.2 Å². The van der Waals surface area contributed by atoms with Gasteiger partial charge >= 0.3 is 0 Å². The van der Waals surface area contributed by atoms with E-state index in [0.717, 1.165) is 24.5 Å². The molecule has 2 aromatic heterocycles. The first-order valence-electron chi connectivity index (χ1n) is 11.8. The predicted octanol–water partition coefficient (Wildman–Crippen LogP) is 2.72. The minimum Gasteiger partial charge on any atom is -0.507 e. The van der Waals surface area contributed by atoms with Gasteiger partial charge in [-0.2, -0.15) is 5.26 Å². The summed E-state index contributed by atoms with van der Waals surface area (Å²) in [5, 5.41) is 28.1. The highest BCUT2D eigenvalue weighted by Crippen LogP contribution is 2.32. The molecule has 0 bridgehead atoms. The minimum absolute atomic E-state index is 0.148. The Balaban J connectivity index is 1.59. The van der Waals surface area contributed by atoms with Gasteiger partial charge in [-0.3, -0.25) is 4.90 Å². The molecule has 3 aromatic rings. The van der Waals surface area contributed by atoms with Crippen LogP contribution in [0, 0.1) is 23.2 Å². The molecular weight excluding hydrogens is 452 g/mol. The lowest BCUT2D eigenvalue weighted by Crippen LogP contribution is -2.35. The molecule has 1 aliphatic rings. The van der Waals surface area contributed by atoms with Crippen molar-refractivity contribution in [2.24, 2.45) is 0 Å². The number of rotatable bonds is 4. The van der Waals surface area contributed by atoms with E-state index in [-0.39, 0.29) is 11.8 Å². The van der Waals surface area contributed by atoms with E-state index in [4.69, 9.17) is 10.7 Å². The van der Waals surface area contributed by atoms with E-state index in [0.29, 0.717) is 48.0 Å². The highest BCUT2D eigenvalue weighted by atomic mass is 16.3. The van der Waals surface area contributed by atoms with Crippen LogP contribution in [-0.2, 0) is 0 Å². The number of nitrogens with two attached hydrogens (primary N) is 1. The molecule has 9 heteroatoms. The second kappa shape index (κ2) is 10.9. The Kier molecular flexibility index (Phi) is 7.53. The molecule has 3 N–H and O–H groups in total. The lowest BCUT2D eigenvalue weighted by atomic mass is 10.1. The molecule has 36 heavy (non-hydrogen) atoms. The van der Waals surface area contributed by atoms with Crippen LogP contribution in [-0.4, -0.2) is 71.5 Å². The Morgan fingerprint density at radius 2 is 1.94 bits per heavy atom. The number of para-hydroxylation sites is 1. The molecule has 0 amide bonds. The van der Waals surface area contributed by atoms with Crippen LogP contribution in [0.4, 0.5) is 17.3 Å². The van der Waals surface area contributed by atoms with Crippen molar-refractivity contribution in [3.8, 4) is 34.9 Å². The third kappa shape index (κ3) is 5.48. The van der Waals surface area contributed by atoms with Gasteiger partial charge in [0.15, 0.2) is 5.82 Å². The number of hydrogen-bond acceptors (Lipinski definition) is 9. The van der Waals surface area contributed by atoms with Gasteiger partial charge in [-0.1, -0.05) is 18.1 Å². The summed E-state index contributed by atoms with van der Waals surface area (Å²) in [5.74, 6) is 7.44. The Hall–Kier alpha value is -4.34. The zero-order chi connectivity index (χ0) is 25.7. The molecule has 0 radical (unpaired) electrons. The smallest absolute Gasteiger partial charge is 0.169 e. The highest BCUT2D eigenvalue weighted by molar-refractivity contribution is 5.74. The SMILES string of the molecule is C[C@H]1CCN(c2cc(-c3ccccc3O)nnc2N)CCN1c1ccc(C#N)c(C#CCN(C)C)n1. The Labute approximate surface area is 211 Å². The lowest BCUT2D eigenvalue weighted by Gasteiger charge is -2.28. The number of pyridine rings is 1. The summed E-state index contributed by atoms with van der Waals surface area (Å²) in [6.07, 6.45) is 0.872. The largest absolute Gasteiger partial charge is 0.507 e. The maximum atomic E-state index is 10.3. The second-order valence-corrected chi connectivity index (χ2v) is 9.05. The maximum Gasteiger partial charge on any atom is 0.169 e. The van der Waals surface area contributed by atoms with E-state index in [1.165, 1.54) is 0 Å². The van der Waals surface area contributed by atoms with E-state index >= 15 is 0 Å². The van der Waals surface area contributed by atoms with Crippen LogP contribution in [0.3, 0.4) is 0 Å². The summed E-state index contributed by atoms with van der Waals surface area (Å²) in [5.41, 5.74) is 9.18. The second-order valence-electron chi connectivity index (χ2n) is 9.05. The number of benzene rings is 1. The molecule has 184 valence electrons. The molecule has 9 nitrogen and oxygen atoms in total. The van der Waals surface area contributed by atoms with E-state index in [1.807, 2.05) is 37.2 Å². The molecule has 0 aliphatic carbocycles. The van der Waals surface area contributed by atoms with Gasteiger partial charge in [0.2, 0.25) is 0 Å².